The van der Waals surface area contributed by atoms with Gasteiger partial charge in [-0.1, -0.05) is 6.07 Å². The number of pyridine rings is 1. The highest BCUT2D eigenvalue weighted by Crippen LogP contribution is 2.37. The number of hydrogen-bond acceptors (Lipinski definition) is 8. The molecule has 2 aromatic rings. The average Bonchev–Trinajstić information content (AvgIpc) is 3.15. The van der Waals surface area contributed by atoms with Crippen LogP contribution < -0.4 is 15.8 Å². The van der Waals surface area contributed by atoms with Gasteiger partial charge in [-0.3, -0.25) is 10.7 Å². The van der Waals surface area contributed by atoms with Gasteiger partial charge in [0.15, 0.2) is 0 Å². The summed E-state index contributed by atoms with van der Waals surface area (Å²) in [7, 11) is 1.66. The molecule has 1 aromatic heterocycles. The number of amides is 2. The molecule has 3 aliphatic rings. The molecule has 0 saturated carbocycles. The topological polar surface area (TPSA) is 109 Å². The average molecular weight is 466 g/mol. The molecular formula is C24H31N7O3. The summed E-state index contributed by atoms with van der Waals surface area (Å²) in [6.07, 6.45) is 6.19. The molecule has 180 valence electrons. The van der Waals surface area contributed by atoms with Crippen LogP contribution in [-0.2, 0) is 4.74 Å². The summed E-state index contributed by atoms with van der Waals surface area (Å²) in [5.74, 6) is -0.360. The van der Waals surface area contributed by atoms with E-state index in [2.05, 4.69) is 15.2 Å². The van der Waals surface area contributed by atoms with Gasteiger partial charge in [0.05, 0.1) is 26.0 Å². The molecule has 3 aliphatic heterocycles. The van der Waals surface area contributed by atoms with Gasteiger partial charge >= 0.3 is 6.03 Å². The zero-order valence-electron chi connectivity index (χ0n) is 19.4. The van der Waals surface area contributed by atoms with Crippen molar-refractivity contribution in [2.75, 3.05) is 64.9 Å². The van der Waals surface area contributed by atoms with Crippen LogP contribution in [-0.4, -0.2) is 97.4 Å². The summed E-state index contributed by atoms with van der Waals surface area (Å²) in [4.78, 5) is 27.7. The number of benzene rings is 1. The molecule has 34 heavy (non-hydrogen) atoms. The second kappa shape index (κ2) is 9.57. The lowest BCUT2D eigenvalue weighted by Gasteiger charge is -2.40. The SMILES string of the molecule is COc1cc2c(cc1-c1cccnc1)C=NC(N)(N1CCCN(C(=O)N3CCOCC3)CC1)N2. The van der Waals surface area contributed by atoms with E-state index in [0.717, 1.165) is 41.1 Å². The predicted octanol–water partition coefficient (Wildman–Crippen LogP) is 1.63. The van der Waals surface area contributed by atoms with Crippen molar-refractivity contribution in [3.05, 3.63) is 42.2 Å². The predicted molar refractivity (Wildman–Crippen MR) is 130 cm³/mol. The molecular weight excluding hydrogens is 434 g/mol. The summed E-state index contributed by atoms with van der Waals surface area (Å²) in [6.45, 7) is 5.14. The number of morpholine rings is 1. The zero-order chi connectivity index (χ0) is 23.5. The summed E-state index contributed by atoms with van der Waals surface area (Å²) in [6, 6.07) is 7.97. The van der Waals surface area contributed by atoms with Gasteiger partial charge in [0.25, 0.3) is 0 Å². The van der Waals surface area contributed by atoms with Gasteiger partial charge in [0.1, 0.15) is 5.75 Å². The number of methoxy groups -OCH3 is 1. The first-order valence-electron chi connectivity index (χ1n) is 11.7. The fourth-order valence-corrected chi connectivity index (χ4v) is 4.69. The number of rotatable bonds is 3. The number of anilines is 1. The van der Waals surface area contributed by atoms with E-state index in [4.69, 9.17) is 20.2 Å². The lowest BCUT2D eigenvalue weighted by molar-refractivity contribution is 0.0432. The van der Waals surface area contributed by atoms with E-state index < -0.39 is 5.91 Å². The van der Waals surface area contributed by atoms with Crippen LogP contribution in [0.15, 0.2) is 41.7 Å². The molecule has 2 saturated heterocycles. The molecule has 10 nitrogen and oxygen atoms in total. The molecule has 0 spiro atoms. The Bertz CT molecular complexity index is 1060. The van der Waals surface area contributed by atoms with Gasteiger partial charge in [0, 0.05) is 80.6 Å². The number of urea groups is 1. The number of fused-ring (bicyclic) bond motifs is 1. The highest BCUT2D eigenvalue weighted by atomic mass is 16.5. The van der Waals surface area contributed by atoms with E-state index in [0.29, 0.717) is 45.9 Å². The second-order valence-corrected chi connectivity index (χ2v) is 8.70. The van der Waals surface area contributed by atoms with E-state index in [1.807, 2.05) is 46.5 Å². The van der Waals surface area contributed by atoms with E-state index in [9.17, 15) is 4.79 Å². The summed E-state index contributed by atoms with van der Waals surface area (Å²) in [5.41, 5.74) is 10.5. The first kappa shape index (κ1) is 22.6. The number of hydrogen-bond donors (Lipinski definition) is 2. The van der Waals surface area contributed by atoms with E-state index >= 15 is 0 Å². The molecule has 1 unspecified atom stereocenters. The second-order valence-electron chi connectivity index (χ2n) is 8.70. The monoisotopic (exact) mass is 465 g/mol. The zero-order valence-corrected chi connectivity index (χ0v) is 19.4. The fourth-order valence-electron chi connectivity index (χ4n) is 4.69. The van der Waals surface area contributed by atoms with Crippen molar-refractivity contribution in [3.8, 4) is 16.9 Å². The van der Waals surface area contributed by atoms with Crippen LogP contribution in [0, 0.1) is 0 Å². The third-order valence-electron chi connectivity index (χ3n) is 6.59. The van der Waals surface area contributed by atoms with Crippen molar-refractivity contribution in [2.24, 2.45) is 10.7 Å². The number of ether oxygens (including phenoxy) is 2. The first-order valence-corrected chi connectivity index (χ1v) is 11.7. The molecule has 0 aliphatic carbocycles. The number of nitrogens with two attached hydrogens (primary N) is 1. The van der Waals surface area contributed by atoms with Crippen molar-refractivity contribution >= 4 is 17.9 Å². The van der Waals surface area contributed by atoms with Crippen molar-refractivity contribution in [1.29, 1.82) is 0 Å². The minimum Gasteiger partial charge on any atom is -0.496 e. The Morgan fingerprint density at radius 3 is 2.74 bits per heavy atom. The van der Waals surface area contributed by atoms with Crippen LogP contribution in [0.5, 0.6) is 5.75 Å². The van der Waals surface area contributed by atoms with E-state index in [1.54, 1.807) is 13.3 Å². The first-order chi connectivity index (χ1) is 16.6. The molecule has 10 heteroatoms. The number of carbonyl (C=O) groups excluding carboxylic acids is 1. The highest BCUT2D eigenvalue weighted by Gasteiger charge is 2.37. The van der Waals surface area contributed by atoms with Crippen molar-refractivity contribution in [3.63, 3.8) is 0 Å². The van der Waals surface area contributed by atoms with Crippen LogP contribution in [0.4, 0.5) is 10.5 Å². The lowest BCUT2D eigenvalue weighted by atomic mass is 10.0. The van der Waals surface area contributed by atoms with Gasteiger partial charge in [-0.05, 0) is 18.6 Å². The Labute approximate surface area is 199 Å². The highest BCUT2D eigenvalue weighted by molar-refractivity contribution is 5.94. The smallest absolute Gasteiger partial charge is 0.320 e. The van der Waals surface area contributed by atoms with Gasteiger partial charge in [-0.15, -0.1) is 0 Å². The normalized spacial score (nSPS) is 23.1. The maximum absolute atomic E-state index is 12.9. The van der Waals surface area contributed by atoms with Gasteiger partial charge in [-0.2, -0.15) is 0 Å². The minimum absolute atomic E-state index is 0.0781. The minimum atomic E-state index is -1.09. The fraction of sp³-hybridized carbons (Fsp3) is 0.458. The van der Waals surface area contributed by atoms with Crippen LogP contribution in [0.25, 0.3) is 11.1 Å². The molecule has 3 N–H and O–H groups in total. The molecule has 4 heterocycles. The maximum atomic E-state index is 12.9. The number of aliphatic imine (C=N–C) groups is 1. The Hall–Kier alpha value is -3.21. The molecule has 0 bridgehead atoms. The summed E-state index contributed by atoms with van der Waals surface area (Å²) in [5, 5.41) is 3.41. The van der Waals surface area contributed by atoms with Gasteiger partial charge in [-0.25, -0.2) is 14.7 Å². The van der Waals surface area contributed by atoms with E-state index in [1.165, 1.54) is 0 Å². The Morgan fingerprint density at radius 1 is 1.15 bits per heavy atom. The molecule has 0 radical (unpaired) electrons. The molecule has 2 fully saturated rings. The lowest BCUT2D eigenvalue weighted by Crippen LogP contribution is -2.62. The van der Waals surface area contributed by atoms with Crippen LogP contribution in [0.3, 0.4) is 0 Å². The number of nitrogens with zero attached hydrogens (tertiary/aromatic N) is 5. The van der Waals surface area contributed by atoms with Crippen LogP contribution in [0.2, 0.25) is 0 Å². The van der Waals surface area contributed by atoms with Crippen molar-refractivity contribution in [2.45, 2.75) is 12.3 Å². The Balaban J connectivity index is 1.32. The molecule has 2 amide bonds. The summed E-state index contributed by atoms with van der Waals surface area (Å²) >= 11 is 0. The Kier molecular flexibility index (Phi) is 6.36. The van der Waals surface area contributed by atoms with Crippen LogP contribution >= 0.6 is 0 Å². The van der Waals surface area contributed by atoms with Gasteiger partial charge in [0.2, 0.25) is 5.91 Å². The number of nitrogens with one attached hydrogen (secondary N) is 1. The summed E-state index contributed by atoms with van der Waals surface area (Å²) < 4.78 is 11.0. The van der Waals surface area contributed by atoms with Crippen LogP contribution in [0.1, 0.15) is 12.0 Å². The molecule has 5 rings (SSSR count). The van der Waals surface area contributed by atoms with Gasteiger partial charge < -0.3 is 24.6 Å². The van der Waals surface area contributed by atoms with Crippen molar-refractivity contribution in [1.82, 2.24) is 19.7 Å². The largest absolute Gasteiger partial charge is 0.496 e. The maximum Gasteiger partial charge on any atom is 0.320 e. The van der Waals surface area contributed by atoms with Crippen molar-refractivity contribution < 1.29 is 14.3 Å². The number of carbonyl (C=O) groups is 1. The molecule has 1 atom stereocenters. The number of aromatic nitrogens is 1. The Morgan fingerprint density at radius 2 is 1.97 bits per heavy atom. The third kappa shape index (κ3) is 4.44. The third-order valence-corrected chi connectivity index (χ3v) is 6.59. The standard InChI is InChI=1S/C24H31N7O3/c1-33-22-15-21-19(14-20(22)18-4-2-5-26-16-18)17-27-24(25,28-21)31-7-3-6-29(8-9-31)23(32)30-10-12-34-13-11-30/h2,4-5,14-17,28H,3,6-13,25H2,1H3. The quantitative estimate of drug-likeness (QED) is 0.709. The van der Waals surface area contributed by atoms with E-state index in [-0.39, 0.29) is 6.03 Å². The molecule has 1 aromatic carbocycles.